The van der Waals surface area contributed by atoms with Crippen molar-refractivity contribution in [1.29, 1.82) is 0 Å². The number of amides is 2. The number of rotatable bonds is 6. The minimum atomic E-state index is -0.419. The molecule has 1 aliphatic rings. The number of nitrogens with one attached hydrogen (secondary N) is 1. The molecule has 0 spiro atoms. The Morgan fingerprint density at radius 3 is 2.19 bits per heavy atom. The van der Waals surface area contributed by atoms with Crippen molar-refractivity contribution in [3.63, 3.8) is 0 Å². The first-order valence-electron chi connectivity index (χ1n) is 10.2. The van der Waals surface area contributed by atoms with Gasteiger partial charge in [0.15, 0.2) is 0 Å². The van der Waals surface area contributed by atoms with Crippen LogP contribution in [-0.2, 0) is 9.59 Å². The quantitative estimate of drug-likeness (QED) is 0.576. The van der Waals surface area contributed by atoms with E-state index in [9.17, 15) is 9.59 Å². The second-order valence-corrected chi connectivity index (χ2v) is 7.54. The molecule has 0 unspecified atom stereocenters. The summed E-state index contributed by atoms with van der Waals surface area (Å²) in [5.41, 5.74) is 4.20. The molecule has 0 atom stereocenters. The predicted molar refractivity (Wildman–Crippen MR) is 125 cm³/mol. The van der Waals surface area contributed by atoms with Crippen LogP contribution >= 0.6 is 0 Å². The summed E-state index contributed by atoms with van der Waals surface area (Å²) in [4.78, 5) is 28.4. The monoisotopic (exact) mass is 428 g/mol. The van der Waals surface area contributed by atoms with Crippen molar-refractivity contribution in [2.45, 2.75) is 13.8 Å². The average molecular weight is 428 g/mol. The topological polar surface area (TPSA) is 67.9 Å². The molecule has 0 aliphatic carbocycles. The minimum absolute atomic E-state index is 0.200. The number of aryl methyl sites for hydroxylation is 2. The van der Waals surface area contributed by atoms with Crippen LogP contribution in [0.4, 0.5) is 11.4 Å². The number of imide groups is 1. The highest BCUT2D eigenvalue weighted by atomic mass is 16.5. The van der Waals surface area contributed by atoms with Crippen molar-refractivity contribution in [1.82, 2.24) is 0 Å². The van der Waals surface area contributed by atoms with Crippen LogP contribution in [0, 0.1) is 13.8 Å². The van der Waals surface area contributed by atoms with Crippen molar-refractivity contribution < 1.29 is 19.1 Å². The summed E-state index contributed by atoms with van der Waals surface area (Å²) >= 11 is 0. The van der Waals surface area contributed by atoms with E-state index in [4.69, 9.17) is 9.47 Å². The molecule has 4 rings (SSSR count). The van der Waals surface area contributed by atoms with Gasteiger partial charge in [-0.15, -0.1) is 0 Å². The van der Waals surface area contributed by atoms with Gasteiger partial charge in [-0.2, -0.15) is 0 Å². The zero-order valence-corrected chi connectivity index (χ0v) is 18.4. The lowest BCUT2D eigenvalue weighted by Crippen LogP contribution is -2.33. The summed E-state index contributed by atoms with van der Waals surface area (Å²) in [5.74, 6) is 0.325. The van der Waals surface area contributed by atoms with Crippen molar-refractivity contribution in [3.05, 3.63) is 89.1 Å². The number of hydrogen-bond donors (Lipinski definition) is 1. The fourth-order valence-corrected chi connectivity index (χ4v) is 3.70. The van der Waals surface area contributed by atoms with Crippen LogP contribution < -0.4 is 19.7 Å². The summed E-state index contributed by atoms with van der Waals surface area (Å²) < 4.78 is 10.7. The minimum Gasteiger partial charge on any atom is -0.497 e. The van der Waals surface area contributed by atoms with Crippen LogP contribution in [-0.4, -0.2) is 26.0 Å². The van der Waals surface area contributed by atoms with E-state index in [0.717, 1.165) is 11.1 Å². The molecule has 0 radical (unpaired) electrons. The van der Waals surface area contributed by atoms with Crippen LogP contribution in [0.5, 0.6) is 11.5 Å². The predicted octanol–water partition coefficient (Wildman–Crippen LogP) is 4.72. The molecule has 0 saturated carbocycles. The lowest BCUT2D eigenvalue weighted by atomic mass is 10.0. The van der Waals surface area contributed by atoms with E-state index in [1.165, 1.54) is 12.0 Å². The number of benzene rings is 3. The molecule has 1 N–H and O–H groups in total. The molecule has 1 aliphatic heterocycles. The molecular formula is C26H24N2O4. The number of methoxy groups -OCH3 is 2. The van der Waals surface area contributed by atoms with E-state index in [2.05, 4.69) is 5.32 Å². The van der Waals surface area contributed by atoms with Crippen molar-refractivity contribution >= 4 is 28.8 Å². The molecule has 3 aromatic carbocycles. The molecule has 162 valence electrons. The summed E-state index contributed by atoms with van der Waals surface area (Å²) in [6.07, 6.45) is 0. The van der Waals surface area contributed by atoms with Gasteiger partial charge in [0.05, 0.1) is 31.2 Å². The third kappa shape index (κ3) is 3.71. The van der Waals surface area contributed by atoms with Crippen molar-refractivity contribution in [2.24, 2.45) is 0 Å². The van der Waals surface area contributed by atoms with Gasteiger partial charge in [-0.05, 0) is 43.2 Å². The summed E-state index contributed by atoms with van der Waals surface area (Å²) in [7, 11) is 3.11. The molecular weight excluding hydrogens is 404 g/mol. The van der Waals surface area contributed by atoms with Crippen LogP contribution in [0.1, 0.15) is 16.7 Å². The molecule has 0 saturated heterocycles. The molecule has 32 heavy (non-hydrogen) atoms. The first kappa shape index (κ1) is 21.2. The maximum atomic E-state index is 13.6. The Morgan fingerprint density at radius 1 is 0.812 bits per heavy atom. The Bertz CT molecular complexity index is 1230. The molecule has 0 aromatic heterocycles. The Kier molecular flexibility index (Phi) is 5.69. The fraction of sp³-hybridized carbons (Fsp3) is 0.154. The fourth-order valence-electron chi connectivity index (χ4n) is 3.70. The van der Waals surface area contributed by atoms with E-state index >= 15 is 0 Å². The van der Waals surface area contributed by atoms with Crippen LogP contribution in [0.25, 0.3) is 5.57 Å². The highest BCUT2D eigenvalue weighted by molar-refractivity contribution is 6.46. The first-order chi connectivity index (χ1) is 15.4. The third-order valence-corrected chi connectivity index (χ3v) is 5.45. The molecule has 0 bridgehead atoms. The number of anilines is 2. The summed E-state index contributed by atoms with van der Waals surface area (Å²) in [6.45, 7) is 3.85. The molecule has 3 aromatic rings. The Hall–Kier alpha value is -4.06. The normalized spacial score (nSPS) is 13.6. The molecule has 6 heteroatoms. The number of para-hydroxylation sites is 1. The van der Waals surface area contributed by atoms with Gasteiger partial charge in [-0.3, -0.25) is 9.59 Å². The van der Waals surface area contributed by atoms with Crippen LogP contribution in [0.2, 0.25) is 0 Å². The maximum absolute atomic E-state index is 13.6. The van der Waals surface area contributed by atoms with Gasteiger partial charge in [0.2, 0.25) is 0 Å². The smallest absolute Gasteiger partial charge is 0.282 e. The van der Waals surface area contributed by atoms with Gasteiger partial charge in [0.25, 0.3) is 11.8 Å². The number of hydrogen-bond acceptors (Lipinski definition) is 5. The number of carbonyl (C=O) groups is 2. The Balaban J connectivity index is 1.85. The van der Waals surface area contributed by atoms with Crippen molar-refractivity contribution in [3.8, 4) is 11.5 Å². The van der Waals surface area contributed by atoms with Crippen molar-refractivity contribution in [2.75, 3.05) is 24.4 Å². The molecule has 1 heterocycles. The summed E-state index contributed by atoms with van der Waals surface area (Å²) in [6, 6.07) is 20.1. The largest absolute Gasteiger partial charge is 0.497 e. The van der Waals surface area contributed by atoms with Gasteiger partial charge in [-0.1, -0.05) is 48.0 Å². The van der Waals surface area contributed by atoms with Crippen LogP contribution in [0.15, 0.2) is 72.4 Å². The van der Waals surface area contributed by atoms with E-state index < -0.39 is 5.91 Å². The van der Waals surface area contributed by atoms with E-state index in [1.807, 2.05) is 56.3 Å². The Labute approximate surface area is 187 Å². The number of carbonyl (C=O) groups excluding carboxylic acids is 2. The third-order valence-electron chi connectivity index (χ3n) is 5.45. The lowest BCUT2D eigenvalue weighted by molar-refractivity contribution is -0.120. The molecule has 2 amide bonds. The zero-order chi connectivity index (χ0) is 22.8. The van der Waals surface area contributed by atoms with Gasteiger partial charge < -0.3 is 14.8 Å². The number of nitrogens with zero attached hydrogens (tertiary/aromatic N) is 1. The first-order valence-corrected chi connectivity index (χ1v) is 10.2. The second-order valence-electron chi connectivity index (χ2n) is 7.54. The summed E-state index contributed by atoms with van der Waals surface area (Å²) in [5, 5.41) is 3.16. The highest BCUT2D eigenvalue weighted by Crippen LogP contribution is 2.37. The maximum Gasteiger partial charge on any atom is 0.282 e. The van der Waals surface area contributed by atoms with Gasteiger partial charge in [0, 0.05) is 6.07 Å². The number of ether oxygens (including phenoxy) is 2. The average Bonchev–Trinajstić information content (AvgIpc) is 3.04. The Morgan fingerprint density at radius 2 is 1.53 bits per heavy atom. The highest BCUT2D eigenvalue weighted by Gasteiger charge is 2.41. The van der Waals surface area contributed by atoms with Gasteiger partial charge in [-0.25, -0.2) is 4.90 Å². The molecule has 6 nitrogen and oxygen atoms in total. The van der Waals surface area contributed by atoms with E-state index in [1.54, 1.807) is 31.4 Å². The van der Waals surface area contributed by atoms with Gasteiger partial charge in [0.1, 0.15) is 17.2 Å². The second kappa shape index (κ2) is 8.59. The van der Waals surface area contributed by atoms with E-state index in [0.29, 0.717) is 34.0 Å². The van der Waals surface area contributed by atoms with Gasteiger partial charge >= 0.3 is 0 Å². The standard InChI is InChI=1S/C26H24N2O4/c1-16-9-11-18(12-10-16)23-24(27-20-14-13-19(31-3)15-22(20)32-4)26(30)28(25(23)29)21-8-6-5-7-17(21)2/h5-15,27H,1-4H3. The van der Waals surface area contributed by atoms with E-state index in [-0.39, 0.29) is 11.6 Å². The lowest BCUT2D eigenvalue weighted by Gasteiger charge is -2.18. The molecule has 0 fully saturated rings. The zero-order valence-electron chi connectivity index (χ0n) is 18.4. The van der Waals surface area contributed by atoms with Crippen LogP contribution in [0.3, 0.4) is 0 Å². The SMILES string of the molecule is COc1ccc(NC2=C(c3ccc(C)cc3)C(=O)N(c3ccccc3C)C2=O)c(OC)c1.